The van der Waals surface area contributed by atoms with Crippen molar-refractivity contribution in [2.75, 3.05) is 58.6 Å². The van der Waals surface area contributed by atoms with E-state index in [9.17, 15) is 0 Å². The van der Waals surface area contributed by atoms with Crippen LogP contribution in [0, 0.1) is 0 Å². The van der Waals surface area contributed by atoms with Gasteiger partial charge in [-0.1, -0.05) is 18.2 Å². The van der Waals surface area contributed by atoms with Crippen molar-refractivity contribution in [3.05, 3.63) is 30.3 Å². The summed E-state index contributed by atoms with van der Waals surface area (Å²) in [6, 6.07) is 11.1. The lowest BCUT2D eigenvalue weighted by Gasteiger charge is -2.47. The molecule has 3 aliphatic rings. The van der Waals surface area contributed by atoms with Crippen LogP contribution >= 0.6 is 11.8 Å². The first-order chi connectivity index (χ1) is 11.3. The van der Waals surface area contributed by atoms with Crippen LogP contribution in [0.4, 0.5) is 0 Å². The Morgan fingerprint density at radius 2 is 1.96 bits per heavy atom. The zero-order chi connectivity index (χ0) is 15.9. The van der Waals surface area contributed by atoms with E-state index >= 15 is 0 Å². The number of fused-ring (bicyclic) bond motifs is 3. The molecule has 0 aliphatic carbocycles. The Hall–Kier alpha value is -1.24. The number of hydrogen-bond donors (Lipinski definition) is 2. The van der Waals surface area contributed by atoms with Crippen LogP contribution in [-0.2, 0) is 0 Å². The van der Waals surface area contributed by atoms with E-state index in [1.807, 2.05) is 18.8 Å². The van der Waals surface area contributed by atoms with Crippen molar-refractivity contribution in [2.45, 2.75) is 10.9 Å². The minimum Gasteiger partial charge on any atom is -0.356 e. The van der Waals surface area contributed by atoms with Gasteiger partial charge in [0.05, 0.1) is 0 Å². The third-order valence-electron chi connectivity index (χ3n) is 4.53. The minimum absolute atomic E-state index is 0.620. The molecule has 0 radical (unpaired) electrons. The SMILES string of the molecule is CN=C(NCCSc1ccccc1)NCC1CN2CCN1CC2. The first-order valence-corrected chi connectivity index (χ1v) is 9.42. The van der Waals surface area contributed by atoms with Gasteiger partial charge >= 0.3 is 0 Å². The number of piperazine rings is 3. The van der Waals surface area contributed by atoms with Gasteiger partial charge in [-0.2, -0.15) is 0 Å². The van der Waals surface area contributed by atoms with Gasteiger partial charge in [-0.15, -0.1) is 11.8 Å². The number of aliphatic imine (C=N–C) groups is 1. The minimum atomic E-state index is 0.620. The largest absolute Gasteiger partial charge is 0.356 e. The topological polar surface area (TPSA) is 42.9 Å². The Bertz CT molecular complexity index is 499. The fraction of sp³-hybridized carbons (Fsp3) is 0.588. The second-order valence-corrected chi connectivity index (χ2v) is 7.20. The van der Waals surface area contributed by atoms with Gasteiger partial charge in [0, 0.05) is 69.6 Å². The van der Waals surface area contributed by atoms with E-state index in [0.29, 0.717) is 6.04 Å². The fourth-order valence-electron chi connectivity index (χ4n) is 3.21. The summed E-state index contributed by atoms with van der Waals surface area (Å²) in [6.45, 7) is 7.98. The third-order valence-corrected chi connectivity index (χ3v) is 5.54. The van der Waals surface area contributed by atoms with Gasteiger partial charge in [-0.05, 0) is 12.1 Å². The molecule has 0 spiro atoms. The summed E-state index contributed by atoms with van der Waals surface area (Å²) in [4.78, 5) is 10.8. The second kappa shape index (κ2) is 8.57. The molecular formula is C17H27N5S. The van der Waals surface area contributed by atoms with Gasteiger partial charge in [0.1, 0.15) is 0 Å². The number of thioether (sulfide) groups is 1. The van der Waals surface area contributed by atoms with Gasteiger partial charge in [0.15, 0.2) is 5.96 Å². The van der Waals surface area contributed by atoms with Crippen LogP contribution < -0.4 is 10.6 Å². The van der Waals surface area contributed by atoms with E-state index in [1.165, 1.54) is 37.6 Å². The van der Waals surface area contributed by atoms with E-state index in [1.54, 1.807) is 0 Å². The molecule has 1 atom stereocenters. The summed E-state index contributed by atoms with van der Waals surface area (Å²) < 4.78 is 0. The Kier molecular flexibility index (Phi) is 6.19. The van der Waals surface area contributed by atoms with Crippen LogP contribution in [0.1, 0.15) is 0 Å². The summed E-state index contributed by atoms with van der Waals surface area (Å²) in [7, 11) is 1.84. The normalized spacial score (nSPS) is 27.0. The van der Waals surface area contributed by atoms with Crippen molar-refractivity contribution >= 4 is 17.7 Å². The maximum absolute atomic E-state index is 4.33. The van der Waals surface area contributed by atoms with E-state index in [0.717, 1.165) is 24.8 Å². The molecule has 4 rings (SSSR count). The summed E-state index contributed by atoms with van der Waals surface area (Å²) >= 11 is 1.87. The summed E-state index contributed by atoms with van der Waals surface area (Å²) in [6.07, 6.45) is 0. The van der Waals surface area contributed by atoms with Crippen LogP contribution in [0.15, 0.2) is 40.2 Å². The lowest BCUT2D eigenvalue weighted by Crippen LogP contribution is -2.63. The second-order valence-electron chi connectivity index (χ2n) is 6.03. The highest BCUT2D eigenvalue weighted by Crippen LogP contribution is 2.16. The molecule has 2 bridgehead atoms. The first-order valence-electron chi connectivity index (χ1n) is 8.44. The number of nitrogens with zero attached hydrogens (tertiary/aromatic N) is 3. The third kappa shape index (κ3) is 4.86. The highest BCUT2D eigenvalue weighted by atomic mass is 32.2. The molecule has 0 amide bonds. The maximum Gasteiger partial charge on any atom is 0.191 e. The molecule has 1 unspecified atom stereocenters. The predicted octanol–water partition coefficient (Wildman–Crippen LogP) is 0.944. The molecule has 3 fully saturated rings. The van der Waals surface area contributed by atoms with Gasteiger partial charge in [0.25, 0.3) is 0 Å². The van der Waals surface area contributed by atoms with Gasteiger partial charge in [-0.25, -0.2) is 0 Å². The highest BCUT2D eigenvalue weighted by Gasteiger charge is 2.31. The molecule has 3 heterocycles. The maximum atomic E-state index is 4.33. The Morgan fingerprint density at radius 1 is 1.17 bits per heavy atom. The molecule has 3 saturated heterocycles. The highest BCUT2D eigenvalue weighted by molar-refractivity contribution is 7.99. The van der Waals surface area contributed by atoms with Crippen molar-refractivity contribution in [2.24, 2.45) is 4.99 Å². The monoisotopic (exact) mass is 333 g/mol. The lowest BCUT2D eigenvalue weighted by atomic mass is 10.1. The van der Waals surface area contributed by atoms with Crippen LogP contribution in [0.3, 0.4) is 0 Å². The smallest absolute Gasteiger partial charge is 0.191 e. The number of guanidine groups is 1. The van der Waals surface area contributed by atoms with E-state index in [2.05, 4.69) is 55.8 Å². The molecule has 2 N–H and O–H groups in total. The number of nitrogens with one attached hydrogen (secondary N) is 2. The zero-order valence-corrected chi connectivity index (χ0v) is 14.7. The molecule has 126 valence electrons. The van der Waals surface area contributed by atoms with Crippen molar-refractivity contribution < 1.29 is 0 Å². The Balaban J connectivity index is 1.34. The molecule has 3 aliphatic heterocycles. The average molecular weight is 334 g/mol. The van der Waals surface area contributed by atoms with Crippen LogP contribution in [0.5, 0.6) is 0 Å². The van der Waals surface area contributed by atoms with E-state index in [-0.39, 0.29) is 0 Å². The summed E-state index contributed by atoms with van der Waals surface area (Å²) in [5, 5.41) is 6.89. The number of hydrogen-bond acceptors (Lipinski definition) is 4. The van der Waals surface area contributed by atoms with Crippen LogP contribution in [0.2, 0.25) is 0 Å². The average Bonchev–Trinajstić information content (AvgIpc) is 2.63. The van der Waals surface area contributed by atoms with E-state index < -0.39 is 0 Å². The van der Waals surface area contributed by atoms with Crippen molar-refractivity contribution in [3.8, 4) is 0 Å². The first kappa shape index (κ1) is 16.6. The lowest BCUT2D eigenvalue weighted by molar-refractivity contribution is 0.0154. The molecule has 0 saturated carbocycles. The van der Waals surface area contributed by atoms with Crippen LogP contribution in [0.25, 0.3) is 0 Å². The molecule has 23 heavy (non-hydrogen) atoms. The summed E-state index contributed by atoms with van der Waals surface area (Å²) in [5.74, 6) is 1.95. The number of benzene rings is 1. The Labute approximate surface area is 143 Å². The molecule has 0 aromatic heterocycles. The van der Waals surface area contributed by atoms with Crippen molar-refractivity contribution in [3.63, 3.8) is 0 Å². The number of rotatable bonds is 6. The fourth-order valence-corrected chi connectivity index (χ4v) is 4.00. The van der Waals surface area contributed by atoms with Gasteiger partial charge in [0.2, 0.25) is 0 Å². The Morgan fingerprint density at radius 3 is 2.61 bits per heavy atom. The predicted molar refractivity (Wildman–Crippen MR) is 98.3 cm³/mol. The summed E-state index contributed by atoms with van der Waals surface area (Å²) in [5.41, 5.74) is 0. The molecule has 1 aromatic rings. The molecule has 1 aromatic carbocycles. The van der Waals surface area contributed by atoms with Crippen molar-refractivity contribution in [1.82, 2.24) is 20.4 Å². The van der Waals surface area contributed by atoms with Gasteiger partial charge in [-0.3, -0.25) is 14.8 Å². The molecule has 6 heteroatoms. The van der Waals surface area contributed by atoms with Crippen molar-refractivity contribution in [1.29, 1.82) is 0 Å². The molecule has 5 nitrogen and oxygen atoms in total. The van der Waals surface area contributed by atoms with E-state index in [4.69, 9.17) is 0 Å². The zero-order valence-electron chi connectivity index (χ0n) is 13.9. The molecular weight excluding hydrogens is 306 g/mol. The standard InChI is InChI=1S/C17H27N5S/c1-18-17(19-7-12-23-16-5-3-2-4-6-16)20-13-15-14-21-8-10-22(15)11-9-21/h2-6,15H,7-14H2,1H3,(H2,18,19,20). The van der Waals surface area contributed by atoms with Gasteiger partial charge < -0.3 is 10.6 Å². The van der Waals surface area contributed by atoms with Crippen LogP contribution in [-0.4, -0.2) is 80.4 Å². The quantitative estimate of drug-likeness (QED) is 0.351.